The number of rotatable bonds is 7. The molecule has 0 radical (unpaired) electrons. The Hall–Kier alpha value is -3.14. The van der Waals surface area contributed by atoms with Gasteiger partial charge in [-0.05, 0) is 36.2 Å². The Morgan fingerprint density at radius 2 is 2.03 bits per heavy atom. The first-order valence-electron chi connectivity index (χ1n) is 10.5. The van der Waals surface area contributed by atoms with E-state index in [1.54, 1.807) is 43.6 Å². The van der Waals surface area contributed by atoms with Crippen molar-refractivity contribution in [1.29, 1.82) is 10.8 Å². The molecule has 1 atom stereocenters. The summed E-state index contributed by atoms with van der Waals surface area (Å²) in [4.78, 5) is 6.64. The van der Waals surface area contributed by atoms with Crippen LogP contribution in [0, 0.1) is 16.6 Å². The Morgan fingerprint density at radius 3 is 2.78 bits per heavy atom. The molecule has 32 heavy (non-hydrogen) atoms. The van der Waals surface area contributed by atoms with E-state index in [0.717, 1.165) is 25.1 Å². The Balaban J connectivity index is 1.62. The molecule has 1 aliphatic heterocycles. The molecule has 0 aliphatic carbocycles. The highest BCUT2D eigenvalue weighted by Crippen LogP contribution is 2.25. The van der Waals surface area contributed by atoms with Gasteiger partial charge < -0.3 is 15.2 Å². The molecule has 0 saturated carbocycles. The minimum absolute atomic E-state index is 0.00183. The van der Waals surface area contributed by atoms with Crippen LogP contribution < -0.4 is 16.0 Å². The van der Waals surface area contributed by atoms with Crippen LogP contribution in [0.25, 0.3) is 10.9 Å². The Morgan fingerprint density at radius 1 is 1.22 bits per heavy atom. The fraction of sp³-hybridized carbons (Fsp3) is 0.348. The van der Waals surface area contributed by atoms with Crippen molar-refractivity contribution in [3.8, 4) is 5.75 Å². The first-order chi connectivity index (χ1) is 15.5. The van der Waals surface area contributed by atoms with Crippen molar-refractivity contribution < 1.29 is 13.9 Å². The highest BCUT2D eigenvalue weighted by atomic mass is 19.1. The molecule has 1 aromatic carbocycles. The number of fused-ring (bicyclic) bond motifs is 1. The van der Waals surface area contributed by atoms with Crippen molar-refractivity contribution >= 4 is 16.7 Å². The van der Waals surface area contributed by atoms with Crippen LogP contribution in [0.3, 0.4) is 0 Å². The van der Waals surface area contributed by atoms with Crippen LogP contribution in [-0.2, 0) is 11.3 Å². The summed E-state index contributed by atoms with van der Waals surface area (Å²) in [6, 6.07) is 10.4. The van der Waals surface area contributed by atoms with Gasteiger partial charge in [0.2, 0.25) is 0 Å². The van der Waals surface area contributed by atoms with E-state index in [4.69, 9.17) is 26.0 Å². The van der Waals surface area contributed by atoms with Crippen LogP contribution in [0.5, 0.6) is 5.75 Å². The molecule has 168 valence electrons. The summed E-state index contributed by atoms with van der Waals surface area (Å²) < 4.78 is 26.8. The van der Waals surface area contributed by atoms with Crippen molar-refractivity contribution in [2.45, 2.75) is 19.0 Å². The number of likely N-dealkylation sites (tertiary alicyclic amines) is 1. The fourth-order valence-corrected chi connectivity index (χ4v) is 3.82. The third kappa shape index (κ3) is 4.69. The number of nitrogens with one attached hydrogen (secondary N) is 2. The van der Waals surface area contributed by atoms with E-state index < -0.39 is 5.82 Å². The molecule has 4 N–H and O–H groups in total. The van der Waals surface area contributed by atoms with Crippen LogP contribution in [-0.4, -0.2) is 59.7 Å². The number of hydrogen-bond acceptors (Lipinski definition) is 7. The summed E-state index contributed by atoms with van der Waals surface area (Å²) >= 11 is 0. The summed E-state index contributed by atoms with van der Waals surface area (Å²) in [5, 5.41) is 17.5. The van der Waals surface area contributed by atoms with E-state index >= 15 is 0 Å². The maximum absolute atomic E-state index is 15.0. The lowest BCUT2D eigenvalue weighted by Gasteiger charge is -2.17. The minimum Gasteiger partial charge on any atom is -0.488 e. The quantitative estimate of drug-likeness (QED) is 0.297. The zero-order valence-corrected chi connectivity index (χ0v) is 18.0. The van der Waals surface area contributed by atoms with Crippen molar-refractivity contribution in [2.24, 2.45) is 5.73 Å². The molecule has 1 fully saturated rings. The van der Waals surface area contributed by atoms with E-state index in [1.807, 2.05) is 6.07 Å². The first-order valence-corrected chi connectivity index (χ1v) is 10.5. The maximum Gasteiger partial charge on any atom is 0.191 e. The van der Waals surface area contributed by atoms with Crippen molar-refractivity contribution in [3.05, 3.63) is 65.2 Å². The van der Waals surface area contributed by atoms with Gasteiger partial charge in [0.15, 0.2) is 17.4 Å². The molecule has 3 aromatic rings. The molecule has 0 spiro atoms. The van der Waals surface area contributed by atoms with Gasteiger partial charge in [0.1, 0.15) is 23.3 Å². The SMILES string of the molecule is COCCOc1ccc2ccc(C(=N)n3cc(CN4CCC(N)C4)ccc3=N)nc2c1F. The number of methoxy groups -OCH3 is 1. The van der Waals surface area contributed by atoms with Crippen LogP contribution in [0.2, 0.25) is 0 Å². The molecule has 0 bridgehead atoms. The molecular weight excluding hydrogens is 411 g/mol. The first kappa shape index (κ1) is 22.1. The number of ether oxygens (including phenoxy) is 2. The number of pyridine rings is 2. The van der Waals surface area contributed by atoms with Gasteiger partial charge in [-0.25, -0.2) is 9.37 Å². The molecule has 9 heteroatoms. The van der Waals surface area contributed by atoms with E-state index in [2.05, 4.69) is 9.88 Å². The number of hydrogen-bond donors (Lipinski definition) is 3. The molecule has 1 aliphatic rings. The van der Waals surface area contributed by atoms with Crippen molar-refractivity contribution in [2.75, 3.05) is 33.4 Å². The summed E-state index contributed by atoms with van der Waals surface area (Å²) in [7, 11) is 1.55. The third-order valence-electron chi connectivity index (χ3n) is 5.52. The second kappa shape index (κ2) is 9.56. The molecule has 4 rings (SSSR count). The summed E-state index contributed by atoms with van der Waals surface area (Å²) in [6.45, 7) is 3.03. The minimum atomic E-state index is -0.580. The van der Waals surface area contributed by atoms with Crippen LogP contribution >= 0.6 is 0 Å². The molecule has 1 unspecified atom stereocenters. The van der Waals surface area contributed by atoms with Gasteiger partial charge in [-0.15, -0.1) is 0 Å². The lowest BCUT2D eigenvalue weighted by Crippen LogP contribution is -2.29. The fourth-order valence-electron chi connectivity index (χ4n) is 3.82. The zero-order valence-electron chi connectivity index (χ0n) is 18.0. The van der Waals surface area contributed by atoms with Crippen LogP contribution in [0.15, 0.2) is 42.6 Å². The topological polar surface area (TPSA) is 113 Å². The monoisotopic (exact) mass is 438 g/mol. The summed E-state index contributed by atoms with van der Waals surface area (Å²) in [6.07, 6.45) is 2.73. The summed E-state index contributed by atoms with van der Waals surface area (Å²) in [5.41, 5.74) is 7.51. The molecular formula is C23H27FN6O2. The number of nitrogens with two attached hydrogens (primary N) is 1. The largest absolute Gasteiger partial charge is 0.488 e. The van der Waals surface area contributed by atoms with Gasteiger partial charge in [0.05, 0.1) is 6.61 Å². The Bertz CT molecular complexity index is 1190. The average Bonchev–Trinajstić information content (AvgIpc) is 3.20. The van der Waals surface area contributed by atoms with Gasteiger partial charge in [0.25, 0.3) is 0 Å². The molecule has 0 amide bonds. The predicted octanol–water partition coefficient (Wildman–Crippen LogP) is 2.09. The van der Waals surface area contributed by atoms with Crippen molar-refractivity contribution in [3.63, 3.8) is 0 Å². The lowest BCUT2D eigenvalue weighted by atomic mass is 10.1. The van der Waals surface area contributed by atoms with Gasteiger partial charge in [-0.2, -0.15) is 0 Å². The molecule has 3 heterocycles. The number of aromatic nitrogens is 2. The van der Waals surface area contributed by atoms with E-state index in [-0.39, 0.29) is 40.9 Å². The highest BCUT2D eigenvalue weighted by Gasteiger charge is 2.19. The normalized spacial score (nSPS) is 16.5. The van der Waals surface area contributed by atoms with E-state index in [9.17, 15) is 4.39 Å². The highest BCUT2D eigenvalue weighted by molar-refractivity contribution is 5.98. The number of halogens is 1. The van der Waals surface area contributed by atoms with Gasteiger partial charge in [0, 0.05) is 44.4 Å². The van der Waals surface area contributed by atoms with Crippen LogP contribution in [0.1, 0.15) is 17.7 Å². The van der Waals surface area contributed by atoms with Crippen LogP contribution in [0.4, 0.5) is 4.39 Å². The second-order valence-electron chi connectivity index (χ2n) is 7.91. The summed E-state index contributed by atoms with van der Waals surface area (Å²) in [5.74, 6) is -0.490. The van der Waals surface area contributed by atoms with E-state index in [1.165, 1.54) is 4.57 Å². The van der Waals surface area contributed by atoms with Gasteiger partial charge in [-0.1, -0.05) is 12.1 Å². The Labute approximate surface area is 185 Å². The van der Waals surface area contributed by atoms with E-state index in [0.29, 0.717) is 18.5 Å². The predicted molar refractivity (Wildman–Crippen MR) is 119 cm³/mol. The molecule has 1 saturated heterocycles. The Kier molecular flexibility index (Phi) is 6.59. The smallest absolute Gasteiger partial charge is 0.191 e. The average molecular weight is 439 g/mol. The van der Waals surface area contributed by atoms with Crippen molar-refractivity contribution in [1.82, 2.24) is 14.5 Å². The zero-order chi connectivity index (χ0) is 22.7. The molecule has 8 nitrogen and oxygen atoms in total. The third-order valence-corrected chi connectivity index (χ3v) is 5.52. The number of nitrogens with zero attached hydrogens (tertiary/aromatic N) is 3. The number of benzene rings is 1. The maximum atomic E-state index is 15.0. The lowest BCUT2D eigenvalue weighted by molar-refractivity contribution is 0.144. The van der Waals surface area contributed by atoms with Gasteiger partial charge >= 0.3 is 0 Å². The second-order valence-corrected chi connectivity index (χ2v) is 7.91. The van der Waals surface area contributed by atoms with Gasteiger partial charge in [-0.3, -0.25) is 20.3 Å². The standard InChI is InChI=1S/C23H27FN6O2/c1-31-10-11-32-19-6-4-16-3-5-18(28-22(16)21(19)24)23(27)30-13-15(2-7-20(30)26)12-29-9-8-17(25)14-29/h2-7,13,17,26-27H,8-12,14,25H2,1H3. The molecule has 2 aromatic heterocycles.